The molecule has 0 saturated carbocycles. The van der Waals surface area contributed by atoms with Crippen molar-refractivity contribution in [3.05, 3.63) is 76.8 Å². The van der Waals surface area contributed by atoms with Crippen LogP contribution in [0.2, 0.25) is 10.0 Å². The average molecular weight is 402 g/mol. The second-order valence-corrected chi connectivity index (χ2v) is 6.38. The van der Waals surface area contributed by atoms with Gasteiger partial charge in [0.05, 0.1) is 11.1 Å². The molecular weight excluding hydrogens is 391 g/mol. The highest BCUT2D eigenvalue weighted by atomic mass is 35.7. The Balaban J connectivity index is 0.000000399. The van der Waals surface area contributed by atoms with Gasteiger partial charge in [-0.3, -0.25) is 0 Å². The molecule has 25 heavy (non-hydrogen) atoms. The Kier molecular flexibility index (Phi) is 6.75. The van der Waals surface area contributed by atoms with Crippen molar-refractivity contribution in [1.82, 2.24) is 0 Å². The third-order valence-electron chi connectivity index (χ3n) is 2.97. The number of rotatable bonds is 2. The third-order valence-corrected chi connectivity index (χ3v) is 3.48. The van der Waals surface area contributed by atoms with E-state index in [0.717, 1.165) is 22.6 Å². The van der Waals surface area contributed by atoms with Crippen molar-refractivity contribution >= 4 is 23.2 Å². The first kappa shape index (κ1) is 19.6. The fourth-order valence-electron chi connectivity index (χ4n) is 1.95. The van der Waals surface area contributed by atoms with E-state index in [-0.39, 0.29) is 0 Å². The first-order chi connectivity index (χ1) is 11.7. The lowest BCUT2D eigenvalue weighted by Gasteiger charge is -2.17. The highest BCUT2D eigenvalue weighted by molar-refractivity contribution is 6.30. The molecule has 0 radical (unpaired) electrons. The molecule has 5 nitrogen and oxygen atoms in total. The van der Waals surface area contributed by atoms with Crippen molar-refractivity contribution in [2.24, 2.45) is 0 Å². The molecule has 0 amide bonds. The van der Waals surface area contributed by atoms with Crippen LogP contribution in [0.3, 0.4) is 0 Å². The van der Waals surface area contributed by atoms with Crippen molar-refractivity contribution in [2.45, 2.75) is 0 Å². The summed E-state index contributed by atoms with van der Waals surface area (Å²) in [5, 5.41) is 1.42. The fourth-order valence-corrected chi connectivity index (χ4v) is 2.20. The standard InChI is InChI=1S/C17H11Cl2O.ClHO4/c18-14-8-4-12(5-9-14)16-2-1-3-17(20-16)13-6-10-15(19)11-7-13;2-1(3,4)5/h1-11H;(H,2,3,4,5)/q+1;/p-1. The largest absolute Gasteiger partial charge is 0.360 e. The summed E-state index contributed by atoms with van der Waals surface area (Å²) in [6.45, 7) is 0. The summed E-state index contributed by atoms with van der Waals surface area (Å²) < 4.78 is 39.9. The Morgan fingerprint density at radius 3 is 1.24 bits per heavy atom. The van der Waals surface area contributed by atoms with Crippen LogP contribution in [-0.2, 0) is 0 Å². The van der Waals surface area contributed by atoms with Crippen LogP contribution < -0.4 is 18.6 Å². The predicted octanol–water partition coefficient (Wildman–Crippen LogP) is 1.45. The molecule has 0 atom stereocenters. The summed E-state index contributed by atoms with van der Waals surface area (Å²) in [6, 6.07) is 21.0. The summed E-state index contributed by atoms with van der Waals surface area (Å²) in [7, 11) is -4.94. The molecule has 0 saturated heterocycles. The van der Waals surface area contributed by atoms with Gasteiger partial charge in [0.25, 0.3) is 0 Å². The number of benzene rings is 2. The Morgan fingerprint density at radius 1 is 0.600 bits per heavy atom. The summed E-state index contributed by atoms with van der Waals surface area (Å²) in [5.74, 6) is 1.60. The highest BCUT2D eigenvalue weighted by Crippen LogP contribution is 2.27. The molecule has 0 spiro atoms. The van der Waals surface area contributed by atoms with E-state index in [2.05, 4.69) is 0 Å². The molecule has 1 aromatic heterocycles. The van der Waals surface area contributed by atoms with E-state index in [1.165, 1.54) is 0 Å². The molecule has 2 aromatic carbocycles. The monoisotopic (exact) mass is 400 g/mol. The smallest absolute Gasteiger partial charge is 0.222 e. The van der Waals surface area contributed by atoms with Crippen LogP contribution in [0.15, 0.2) is 71.1 Å². The quantitative estimate of drug-likeness (QED) is 0.605. The van der Waals surface area contributed by atoms with Crippen molar-refractivity contribution in [1.29, 1.82) is 0 Å². The molecular formula is C17H11Cl3O5. The lowest BCUT2D eigenvalue weighted by atomic mass is 10.1. The number of hydrogen-bond acceptors (Lipinski definition) is 4. The first-order valence-electron chi connectivity index (χ1n) is 6.79. The minimum absolute atomic E-state index is 0.711. The minimum Gasteiger partial charge on any atom is -0.222 e. The van der Waals surface area contributed by atoms with Crippen LogP contribution in [0, 0.1) is 10.2 Å². The zero-order chi connectivity index (χ0) is 18.4. The molecule has 8 heteroatoms. The van der Waals surface area contributed by atoms with Gasteiger partial charge in [-0.05, 0) is 54.6 Å². The zero-order valence-corrected chi connectivity index (χ0v) is 14.8. The van der Waals surface area contributed by atoms with Crippen LogP contribution in [-0.4, -0.2) is 0 Å². The van der Waals surface area contributed by atoms with Crippen molar-refractivity contribution in [3.63, 3.8) is 0 Å². The van der Waals surface area contributed by atoms with Crippen molar-refractivity contribution in [3.8, 4) is 22.6 Å². The van der Waals surface area contributed by atoms with Crippen molar-refractivity contribution < 1.29 is 33.3 Å². The van der Waals surface area contributed by atoms with E-state index >= 15 is 0 Å². The van der Waals surface area contributed by atoms with E-state index in [4.69, 9.17) is 46.3 Å². The van der Waals surface area contributed by atoms with E-state index < -0.39 is 10.2 Å². The van der Waals surface area contributed by atoms with Gasteiger partial charge < -0.3 is 0 Å². The van der Waals surface area contributed by atoms with Gasteiger partial charge in [-0.1, -0.05) is 23.2 Å². The van der Waals surface area contributed by atoms with Gasteiger partial charge in [-0.2, -0.15) is 0 Å². The Bertz CT molecular complexity index is 748. The summed E-state index contributed by atoms with van der Waals surface area (Å²) >= 11 is 11.8. The van der Waals surface area contributed by atoms with Gasteiger partial charge >= 0.3 is 11.5 Å². The maximum Gasteiger partial charge on any atom is 0.360 e. The molecule has 0 N–H and O–H groups in total. The maximum atomic E-state index is 8.49. The van der Waals surface area contributed by atoms with Gasteiger partial charge in [-0.25, -0.2) is 23.1 Å². The third kappa shape index (κ3) is 6.97. The van der Waals surface area contributed by atoms with E-state index in [9.17, 15) is 0 Å². The van der Waals surface area contributed by atoms with Crippen LogP contribution in [0.1, 0.15) is 0 Å². The molecule has 3 rings (SSSR count). The summed E-state index contributed by atoms with van der Waals surface area (Å²) in [5.41, 5.74) is 1.98. The maximum absolute atomic E-state index is 8.49. The molecule has 0 unspecified atom stereocenters. The van der Waals surface area contributed by atoms with Crippen LogP contribution in [0.4, 0.5) is 0 Å². The Morgan fingerprint density at radius 2 is 0.920 bits per heavy atom. The number of hydrogen-bond donors (Lipinski definition) is 0. The predicted molar refractivity (Wildman–Crippen MR) is 84.0 cm³/mol. The Labute approximate surface area is 156 Å². The molecule has 0 aliphatic carbocycles. The normalized spacial score (nSPS) is 10.8. The van der Waals surface area contributed by atoms with Crippen LogP contribution >= 0.6 is 23.2 Å². The van der Waals surface area contributed by atoms with Gasteiger partial charge in [0.1, 0.15) is 0 Å². The Hall–Kier alpha value is -1.70. The van der Waals surface area contributed by atoms with Gasteiger partial charge in [0, 0.05) is 22.2 Å². The highest BCUT2D eigenvalue weighted by Gasteiger charge is 2.16. The van der Waals surface area contributed by atoms with E-state index in [1.807, 2.05) is 66.7 Å². The van der Waals surface area contributed by atoms with Crippen molar-refractivity contribution in [2.75, 3.05) is 0 Å². The van der Waals surface area contributed by atoms with Crippen LogP contribution in [0.25, 0.3) is 22.6 Å². The molecule has 1 heterocycles. The summed E-state index contributed by atoms with van der Waals surface area (Å²) in [4.78, 5) is 0. The molecule has 0 aliphatic rings. The lowest BCUT2D eigenvalue weighted by molar-refractivity contribution is -2.00. The molecule has 0 fully saturated rings. The zero-order valence-electron chi connectivity index (χ0n) is 12.5. The second kappa shape index (κ2) is 8.60. The van der Waals surface area contributed by atoms with Gasteiger partial charge in [0.2, 0.25) is 0 Å². The minimum atomic E-state index is -4.94. The lowest BCUT2D eigenvalue weighted by Crippen LogP contribution is -2.68. The molecule has 3 aromatic rings. The second-order valence-electron chi connectivity index (χ2n) is 4.75. The average Bonchev–Trinajstić information content (AvgIpc) is 2.55. The summed E-state index contributed by atoms with van der Waals surface area (Å²) in [6.07, 6.45) is 0. The van der Waals surface area contributed by atoms with E-state index in [1.54, 1.807) is 0 Å². The van der Waals surface area contributed by atoms with Crippen LogP contribution in [0.5, 0.6) is 0 Å². The van der Waals surface area contributed by atoms with Gasteiger partial charge in [0.15, 0.2) is 0 Å². The molecule has 130 valence electrons. The van der Waals surface area contributed by atoms with Gasteiger partial charge in [-0.15, -0.1) is 10.2 Å². The SMILES string of the molecule is Clc1ccc(-c2cccc(-c3ccc(Cl)cc3)[o+]2)cc1.[O-][Cl+3]([O-])([O-])[O-]. The topological polar surface area (TPSA) is 104 Å². The molecule has 0 bridgehead atoms. The fraction of sp³-hybridized carbons (Fsp3) is 0. The van der Waals surface area contributed by atoms with E-state index in [0.29, 0.717) is 10.0 Å². The first-order valence-corrected chi connectivity index (χ1v) is 8.78. The molecule has 0 aliphatic heterocycles. The number of halogens is 3.